The second-order valence-electron chi connectivity index (χ2n) is 7.71. The molecule has 30 heavy (non-hydrogen) atoms. The van der Waals surface area contributed by atoms with Crippen LogP contribution in [0.2, 0.25) is 0 Å². The van der Waals surface area contributed by atoms with E-state index in [0.717, 1.165) is 5.56 Å². The molecule has 9 heteroatoms. The number of amides is 2. The summed E-state index contributed by atoms with van der Waals surface area (Å²) in [5.74, 6) is -0.247. The Labute approximate surface area is 175 Å². The van der Waals surface area contributed by atoms with Crippen LogP contribution in [0.15, 0.2) is 24.3 Å². The van der Waals surface area contributed by atoms with Crippen molar-refractivity contribution in [2.45, 2.75) is 52.0 Å². The van der Waals surface area contributed by atoms with Crippen molar-refractivity contribution in [2.24, 2.45) is 0 Å². The molecule has 1 aromatic carbocycles. The Bertz CT molecular complexity index is 903. The number of nitrogens with one attached hydrogen (secondary N) is 1. The van der Waals surface area contributed by atoms with E-state index in [0.29, 0.717) is 50.5 Å². The molecule has 1 N–H and O–H groups in total. The minimum atomic E-state index is -0.296. The molecule has 0 aliphatic carbocycles. The quantitative estimate of drug-likeness (QED) is 0.825. The lowest BCUT2D eigenvalue weighted by molar-refractivity contribution is -0.00180. The van der Waals surface area contributed by atoms with Crippen LogP contribution in [0.5, 0.6) is 0 Å². The van der Waals surface area contributed by atoms with Gasteiger partial charge in [0.25, 0.3) is 5.91 Å². The Hall–Kier alpha value is -2.94. The average Bonchev–Trinajstić information content (AvgIpc) is 3.18. The largest absolute Gasteiger partial charge is 0.450 e. The average molecular weight is 413 g/mol. The van der Waals surface area contributed by atoms with Crippen molar-refractivity contribution in [1.29, 1.82) is 0 Å². The van der Waals surface area contributed by atoms with Gasteiger partial charge in [0.2, 0.25) is 0 Å². The lowest BCUT2D eigenvalue weighted by Crippen LogP contribution is -2.47. The molecule has 0 bridgehead atoms. The Kier molecular flexibility index (Phi) is 5.98. The molecule has 0 radical (unpaired) electrons. The molecule has 0 spiro atoms. The van der Waals surface area contributed by atoms with Gasteiger partial charge in [-0.3, -0.25) is 4.79 Å². The number of hydrogen-bond donors (Lipinski definition) is 1. The topological polar surface area (TPSA) is 98.6 Å². The Balaban J connectivity index is 1.35. The molecule has 1 atom stereocenters. The second-order valence-corrected chi connectivity index (χ2v) is 7.71. The number of ether oxygens (including phenoxy) is 2. The molecule has 0 unspecified atom stereocenters. The number of fused-ring (bicyclic) bond motifs is 1. The zero-order valence-corrected chi connectivity index (χ0v) is 17.3. The highest BCUT2D eigenvalue weighted by molar-refractivity contribution is 5.93. The van der Waals surface area contributed by atoms with Crippen LogP contribution in [-0.2, 0) is 22.6 Å². The maximum Gasteiger partial charge on any atom is 0.409 e. The van der Waals surface area contributed by atoms with E-state index >= 15 is 0 Å². The summed E-state index contributed by atoms with van der Waals surface area (Å²) in [5.41, 5.74) is 3.29. The lowest BCUT2D eigenvalue weighted by Gasteiger charge is -2.31. The van der Waals surface area contributed by atoms with Crippen LogP contribution >= 0.6 is 0 Å². The molecule has 0 saturated carbocycles. The van der Waals surface area contributed by atoms with Crippen molar-refractivity contribution < 1.29 is 19.1 Å². The highest BCUT2D eigenvalue weighted by Crippen LogP contribution is 2.27. The number of carbonyl (C=O) groups excluding carboxylic acids is 2. The summed E-state index contributed by atoms with van der Waals surface area (Å²) in [4.78, 5) is 26.2. The van der Waals surface area contributed by atoms with Gasteiger partial charge in [0.05, 0.1) is 25.5 Å². The minimum absolute atomic E-state index is 0.00894. The van der Waals surface area contributed by atoms with E-state index in [4.69, 9.17) is 9.47 Å². The Morgan fingerprint density at radius 1 is 1.23 bits per heavy atom. The van der Waals surface area contributed by atoms with Crippen molar-refractivity contribution in [1.82, 2.24) is 25.2 Å². The van der Waals surface area contributed by atoms with E-state index in [1.807, 2.05) is 6.92 Å². The SMILES string of the molecule is CCOC(=O)N1CCC(NC(=O)c2nnn3c2CO[C@H](c2ccc(C)cc2)C3)CC1. The molecular formula is C21H27N5O4. The molecule has 4 rings (SSSR count). The van der Waals surface area contributed by atoms with Gasteiger partial charge in [-0.1, -0.05) is 35.0 Å². The summed E-state index contributed by atoms with van der Waals surface area (Å²) in [5, 5.41) is 11.3. The summed E-state index contributed by atoms with van der Waals surface area (Å²) in [6.07, 6.45) is 0.956. The third-order valence-electron chi connectivity index (χ3n) is 5.62. The van der Waals surface area contributed by atoms with Gasteiger partial charge in [-0.05, 0) is 32.3 Å². The molecule has 9 nitrogen and oxygen atoms in total. The molecule has 1 saturated heterocycles. The van der Waals surface area contributed by atoms with Gasteiger partial charge < -0.3 is 19.7 Å². The van der Waals surface area contributed by atoms with E-state index in [1.54, 1.807) is 16.5 Å². The van der Waals surface area contributed by atoms with Crippen LogP contribution < -0.4 is 5.32 Å². The van der Waals surface area contributed by atoms with Crippen molar-refractivity contribution in [2.75, 3.05) is 19.7 Å². The van der Waals surface area contributed by atoms with Crippen molar-refractivity contribution in [3.05, 3.63) is 46.8 Å². The predicted octanol–water partition coefficient (Wildman–Crippen LogP) is 2.21. The summed E-state index contributed by atoms with van der Waals surface area (Å²) in [7, 11) is 0. The van der Waals surface area contributed by atoms with Crippen molar-refractivity contribution in [3.8, 4) is 0 Å². The number of likely N-dealkylation sites (tertiary alicyclic amines) is 1. The fraction of sp³-hybridized carbons (Fsp3) is 0.524. The fourth-order valence-electron chi connectivity index (χ4n) is 3.85. The molecule has 2 aromatic rings. The first kappa shape index (κ1) is 20.3. The third kappa shape index (κ3) is 4.30. The van der Waals surface area contributed by atoms with Gasteiger partial charge in [0.15, 0.2) is 5.69 Å². The van der Waals surface area contributed by atoms with E-state index in [-0.39, 0.29) is 30.8 Å². The Morgan fingerprint density at radius 3 is 2.67 bits per heavy atom. The van der Waals surface area contributed by atoms with Gasteiger partial charge in [0.1, 0.15) is 6.10 Å². The third-order valence-corrected chi connectivity index (χ3v) is 5.62. The molecule has 3 heterocycles. The zero-order chi connectivity index (χ0) is 21.1. The van der Waals surface area contributed by atoms with Crippen LogP contribution in [0.1, 0.15) is 53.2 Å². The number of aryl methyl sites for hydroxylation is 1. The van der Waals surface area contributed by atoms with E-state index < -0.39 is 0 Å². The number of carbonyl (C=O) groups is 2. The standard InChI is InChI=1S/C21H27N5O4/c1-3-29-21(28)25-10-8-16(9-11-25)22-20(27)19-17-13-30-18(12-26(17)24-23-19)15-6-4-14(2)5-7-15/h4-7,16,18H,3,8-13H2,1-2H3,(H,22,27)/t18-/m0/s1. The number of piperidine rings is 1. The number of aromatic nitrogens is 3. The number of rotatable bonds is 4. The second kappa shape index (κ2) is 8.83. The van der Waals surface area contributed by atoms with E-state index in [1.165, 1.54) is 5.56 Å². The summed E-state index contributed by atoms with van der Waals surface area (Å²) < 4.78 is 12.8. The molecule has 2 amide bonds. The Morgan fingerprint density at radius 2 is 1.97 bits per heavy atom. The maximum atomic E-state index is 12.8. The summed E-state index contributed by atoms with van der Waals surface area (Å²) in [6, 6.07) is 8.21. The van der Waals surface area contributed by atoms with Crippen LogP contribution in [0.4, 0.5) is 4.79 Å². The first-order chi connectivity index (χ1) is 14.5. The number of nitrogens with zero attached hydrogens (tertiary/aromatic N) is 4. The predicted molar refractivity (Wildman–Crippen MR) is 108 cm³/mol. The van der Waals surface area contributed by atoms with E-state index in [2.05, 4.69) is 39.9 Å². The number of hydrogen-bond acceptors (Lipinski definition) is 6. The van der Waals surface area contributed by atoms with Gasteiger partial charge in [-0.15, -0.1) is 5.10 Å². The van der Waals surface area contributed by atoms with Crippen molar-refractivity contribution in [3.63, 3.8) is 0 Å². The molecular weight excluding hydrogens is 386 g/mol. The molecule has 160 valence electrons. The lowest BCUT2D eigenvalue weighted by atomic mass is 10.0. The first-order valence-corrected chi connectivity index (χ1v) is 10.4. The zero-order valence-electron chi connectivity index (χ0n) is 17.3. The molecule has 2 aliphatic heterocycles. The van der Waals surface area contributed by atoms with Crippen LogP contribution in [0, 0.1) is 6.92 Å². The number of benzene rings is 1. The first-order valence-electron chi connectivity index (χ1n) is 10.4. The van der Waals surface area contributed by atoms with E-state index in [9.17, 15) is 9.59 Å². The van der Waals surface area contributed by atoms with Crippen molar-refractivity contribution >= 4 is 12.0 Å². The fourth-order valence-corrected chi connectivity index (χ4v) is 3.85. The smallest absolute Gasteiger partial charge is 0.409 e. The highest BCUT2D eigenvalue weighted by Gasteiger charge is 2.30. The highest BCUT2D eigenvalue weighted by atomic mass is 16.6. The van der Waals surface area contributed by atoms with Gasteiger partial charge >= 0.3 is 6.09 Å². The summed E-state index contributed by atoms with van der Waals surface area (Å²) in [6.45, 7) is 6.13. The van der Waals surface area contributed by atoms with Gasteiger partial charge in [-0.25, -0.2) is 9.48 Å². The molecule has 1 fully saturated rings. The van der Waals surface area contributed by atoms with Crippen LogP contribution in [0.25, 0.3) is 0 Å². The monoisotopic (exact) mass is 413 g/mol. The van der Waals surface area contributed by atoms with Gasteiger partial charge in [-0.2, -0.15) is 0 Å². The minimum Gasteiger partial charge on any atom is -0.450 e. The van der Waals surface area contributed by atoms with Gasteiger partial charge in [0, 0.05) is 19.1 Å². The maximum absolute atomic E-state index is 12.8. The molecule has 1 aromatic heterocycles. The molecule has 2 aliphatic rings. The van der Waals surface area contributed by atoms with Crippen LogP contribution in [-0.4, -0.2) is 57.6 Å². The van der Waals surface area contributed by atoms with Crippen LogP contribution in [0.3, 0.4) is 0 Å². The summed E-state index contributed by atoms with van der Waals surface area (Å²) >= 11 is 0. The normalized spacial score (nSPS) is 19.3.